The lowest BCUT2D eigenvalue weighted by atomic mass is 10.0. The third kappa shape index (κ3) is 5.02. The maximum absolute atomic E-state index is 12.3. The molecule has 0 radical (unpaired) electrons. The number of carbonyl (C=O) groups excluding carboxylic acids is 2. The van der Waals surface area contributed by atoms with Gasteiger partial charge in [0, 0.05) is 5.56 Å². The van der Waals surface area contributed by atoms with Crippen LogP contribution in [0, 0.1) is 13.8 Å². The van der Waals surface area contributed by atoms with Gasteiger partial charge in [0.2, 0.25) is 11.0 Å². The van der Waals surface area contributed by atoms with Gasteiger partial charge >= 0.3 is 0 Å². The number of aryl methyl sites for hydroxylation is 2. The number of nitrogens with one attached hydrogen (secondary N) is 1. The number of hydrogen-bond acceptors (Lipinski definition) is 6. The number of anilines is 1. The molecule has 0 unspecified atom stereocenters. The Hall–Kier alpha value is -1.44. The number of nitrogens with zero attached hydrogens (tertiary/aromatic N) is 2. The zero-order valence-corrected chi connectivity index (χ0v) is 15.3. The van der Waals surface area contributed by atoms with E-state index in [1.165, 1.54) is 23.1 Å². The smallest absolute Gasteiger partial charge is 0.243 e. The van der Waals surface area contributed by atoms with E-state index in [0.29, 0.717) is 9.47 Å². The number of alkyl halides is 1. The lowest BCUT2D eigenvalue weighted by Crippen LogP contribution is -2.20. The summed E-state index contributed by atoms with van der Waals surface area (Å²) in [4.78, 5) is 23.7. The summed E-state index contributed by atoms with van der Waals surface area (Å²) in [6.45, 7) is 5.50. The van der Waals surface area contributed by atoms with Crippen LogP contribution in [0.4, 0.5) is 5.13 Å². The molecule has 0 spiro atoms. The normalized spacial score (nSPS) is 12.0. The van der Waals surface area contributed by atoms with Gasteiger partial charge in [0.1, 0.15) is 5.38 Å². The van der Waals surface area contributed by atoms with Crippen LogP contribution in [-0.2, 0) is 4.79 Å². The van der Waals surface area contributed by atoms with E-state index in [0.717, 1.165) is 16.7 Å². The first-order valence-corrected chi connectivity index (χ1v) is 9.12. The van der Waals surface area contributed by atoms with Crippen molar-refractivity contribution in [3.63, 3.8) is 0 Å². The Morgan fingerprint density at radius 1 is 1.35 bits per heavy atom. The SMILES string of the molecule is Cc1ccc(C(=O)CSc2nnc(NC(=O)[C@H](C)Cl)s2)c(C)c1. The number of ketones is 1. The molecule has 1 N–H and O–H groups in total. The fourth-order valence-electron chi connectivity index (χ4n) is 1.85. The second-order valence-electron chi connectivity index (χ2n) is 5.01. The van der Waals surface area contributed by atoms with E-state index in [1.54, 1.807) is 6.92 Å². The van der Waals surface area contributed by atoms with E-state index in [9.17, 15) is 9.59 Å². The number of Topliss-reactive ketones (excluding diaryl/α,β-unsaturated/α-hetero) is 1. The maximum Gasteiger partial charge on any atom is 0.243 e. The highest BCUT2D eigenvalue weighted by Crippen LogP contribution is 2.26. The molecular weight excluding hydrogens is 354 g/mol. The van der Waals surface area contributed by atoms with E-state index in [2.05, 4.69) is 15.5 Å². The predicted molar refractivity (Wildman–Crippen MR) is 94.8 cm³/mol. The number of aromatic nitrogens is 2. The van der Waals surface area contributed by atoms with Crippen molar-refractivity contribution in [1.82, 2.24) is 10.2 Å². The molecule has 122 valence electrons. The highest BCUT2D eigenvalue weighted by molar-refractivity contribution is 8.01. The van der Waals surface area contributed by atoms with Gasteiger partial charge in [-0.25, -0.2) is 0 Å². The van der Waals surface area contributed by atoms with E-state index < -0.39 is 5.38 Å². The summed E-state index contributed by atoms with van der Waals surface area (Å²) < 4.78 is 0.626. The fraction of sp³-hybridized carbons (Fsp3) is 0.333. The minimum Gasteiger partial charge on any atom is -0.299 e. The van der Waals surface area contributed by atoms with Crippen molar-refractivity contribution in [3.05, 3.63) is 34.9 Å². The molecule has 1 atom stereocenters. The van der Waals surface area contributed by atoms with Crippen molar-refractivity contribution >= 4 is 51.5 Å². The van der Waals surface area contributed by atoms with Crippen molar-refractivity contribution in [3.8, 4) is 0 Å². The van der Waals surface area contributed by atoms with Gasteiger partial charge < -0.3 is 0 Å². The van der Waals surface area contributed by atoms with Gasteiger partial charge in [-0.05, 0) is 26.3 Å². The second-order valence-corrected chi connectivity index (χ2v) is 7.86. The average Bonchev–Trinajstić information content (AvgIpc) is 2.92. The van der Waals surface area contributed by atoms with Crippen LogP contribution in [0.3, 0.4) is 0 Å². The highest BCUT2D eigenvalue weighted by atomic mass is 35.5. The zero-order valence-electron chi connectivity index (χ0n) is 12.9. The number of halogens is 1. The summed E-state index contributed by atoms with van der Waals surface area (Å²) in [6.07, 6.45) is 0. The molecule has 2 aromatic rings. The van der Waals surface area contributed by atoms with Crippen LogP contribution >= 0.6 is 34.7 Å². The third-order valence-corrected chi connectivity index (χ3v) is 5.18. The molecule has 0 saturated carbocycles. The molecule has 5 nitrogen and oxygen atoms in total. The van der Waals surface area contributed by atoms with Gasteiger partial charge in [-0.2, -0.15) is 0 Å². The number of thioether (sulfide) groups is 1. The first-order chi connectivity index (χ1) is 10.9. The average molecular weight is 370 g/mol. The van der Waals surface area contributed by atoms with Gasteiger partial charge in [0.05, 0.1) is 5.75 Å². The highest BCUT2D eigenvalue weighted by Gasteiger charge is 2.14. The van der Waals surface area contributed by atoms with E-state index in [-0.39, 0.29) is 17.4 Å². The van der Waals surface area contributed by atoms with Crippen LogP contribution in [0.2, 0.25) is 0 Å². The van der Waals surface area contributed by atoms with Crippen molar-refractivity contribution < 1.29 is 9.59 Å². The molecule has 0 bridgehead atoms. The second kappa shape index (κ2) is 7.90. The Balaban J connectivity index is 1.94. The van der Waals surface area contributed by atoms with Crippen molar-refractivity contribution in [2.45, 2.75) is 30.5 Å². The Morgan fingerprint density at radius 3 is 2.74 bits per heavy atom. The molecule has 8 heteroatoms. The van der Waals surface area contributed by atoms with Crippen LogP contribution in [0.1, 0.15) is 28.4 Å². The molecule has 1 aromatic heterocycles. The fourth-order valence-corrected chi connectivity index (χ4v) is 3.55. The van der Waals surface area contributed by atoms with Crippen LogP contribution in [0.5, 0.6) is 0 Å². The maximum atomic E-state index is 12.3. The molecule has 2 rings (SSSR count). The van der Waals surface area contributed by atoms with E-state index >= 15 is 0 Å². The van der Waals surface area contributed by atoms with Gasteiger partial charge in [-0.3, -0.25) is 14.9 Å². The van der Waals surface area contributed by atoms with Crippen LogP contribution < -0.4 is 5.32 Å². The molecule has 1 amide bonds. The summed E-state index contributed by atoms with van der Waals surface area (Å²) in [5.41, 5.74) is 2.82. The number of amides is 1. The lowest BCUT2D eigenvalue weighted by Gasteiger charge is -2.04. The lowest BCUT2D eigenvalue weighted by molar-refractivity contribution is -0.115. The topological polar surface area (TPSA) is 72.0 Å². The van der Waals surface area contributed by atoms with Gasteiger partial charge in [-0.15, -0.1) is 21.8 Å². The molecule has 1 heterocycles. The van der Waals surface area contributed by atoms with Gasteiger partial charge in [0.15, 0.2) is 10.1 Å². The Morgan fingerprint density at radius 2 is 2.09 bits per heavy atom. The molecule has 0 aliphatic heterocycles. The summed E-state index contributed by atoms with van der Waals surface area (Å²) in [7, 11) is 0. The summed E-state index contributed by atoms with van der Waals surface area (Å²) in [5, 5.41) is 10.1. The van der Waals surface area contributed by atoms with Crippen LogP contribution in [0.15, 0.2) is 22.5 Å². The number of hydrogen-bond donors (Lipinski definition) is 1. The monoisotopic (exact) mass is 369 g/mol. The van der Waals surface area contributed by atoms with Crippen molar-refractivity contribution in [2.75, 3.05) is 11.1 Å². The molecule has 0 aliphatic rings. The third-order valence-electron chi connectivity index (χ3n) is 3.01. The molecule has 0 aliphatic carbocycles. The van der Waals surface area contributed by atoms with Gasteiger partial charge in [-0.1, -0.05) is 46.9 Å². The van der Waals surface area contributed by atoms with E-state index in [4.69, 9.17) is 11.6 Å². The van der Waals surface area contributed by atoms with Crippen molar-refractivity contribution in [1.29, 1.82) is 0 Å². The number of carbonyl (C=O) groups is 2. The largest absolute Gasteiger partial charge is 0.299 e. The Kier molecular flexibility index (Phi) is 6.15. The molecular formula is C15H16ClN3O2S2. The molecule has 23 heavy (non-hydrogen) atoms. The molecule has 0 fully saturated rings. The standard InChI is InChI=1S/C15H16ClN3O2S2/c1-8-4-5-11(9(2)6-8)12(20)7-22-15-19-18-14(23-15)17-13(21)10(3)16/h4-6,10H,7H2,1-3H3,(H,17,18,21)/t10-/m0/s1. The Bertz CT molecular complexity index is 731. The van der Waals surface area contributed by atoms with Crippen molar-refractivity contribution in [2.24, 2.45) is 0 Å². The Labute approximate surface area is 147 Å². The predicted octanol–water partition coefficient (Wildman–Crippen LogP) is 3.70. The zero-order chi connectivity index (χ0) is 17.0. The van der Waals surface area contributed by atoms with Crippen LogP contribution in [-0.4, -0.2) is 33.0 Å². The molecule has 0 saturated heterocycles. The molecule has 1 aromatic carbocycles. The summed E-state index contributed by atoms with van der Waals surface area (Å²) in [5.74, 6) is -0.00772. The first-order valence-electron chi connectivity index (χ1n) is 6.88. The van der Waals surface area contributed by atoms with E-state index in [1.807, 2.05) is 32.0 Å². The number of rotatable bonds is 6. The minimum absolute atomic E-state index is 0.0441. The van der Waals surface area contributed by atoms with Crippen LogP contribution in [0.25, 0.3) is 0 Å². The quantitative estimate of drug-likeness (QED) is 0.364. The summed E-state index contributed by atoms with van der Waals surface area (Å²) in [6, 6.07) is 5.77. The number of benzene rings is 1. The van der Waals surface area contributed by atoms with Gasteiger partial charge in [0.25, 0.3) is 0 Å². The minimum atomic E-state index is -0.638. The first kappa shape index (κ1) is 17.9. The summed E-state index contributed by atoms with van der Waals surface area (Å²) >= 11 is 8.20.